The van der Waals surface area contributed by atoms with E-state index in [2.05, 4.69) is 5.32 Å². The summed E-state index contributed by atoms with van der Waals surface area (Å²) in [7, 11) is -3.83. The summed E-state index contributed by atoms with van der Waals surface area (Å²) in [4.78, 5) is 24.4. The predicted molar refractivity (Wildman–Crippen MR) is 101 cm³/mol. The van der Waals surface area contributed by atoms with E-state index in [4.69, 9.17) is 0 Å². The first kappa shape index (κ1) is 21.3. The summed E-state index contributed by atoms with van der Waals surface area (Å²) in [5, 5.41) is 13.8. The second-order valence-electron chi connectivity index (χ2n) is 6.61. The number of benzene rings is 1. The highest BCUT2D eigenvalue weighted by molar-refractivity contribution is 7.89. The Bertz CT molecular complexity index is 804. The van der Waals surface area contributed by atoms with Gasteiger partial charge >= 0.3 is 0 Å². The zero-order chi connectivity index (χ0) is 20.2. The van der Waals surface area contributed by atoms with Crippen LogP contribution in [-0.2, 0) is 14.8 Å². The molecule has 1 fully saturated rings. The van der Waals surface area contributed by atoms with Crippen molar-refractivity contribution in [1.29, 1.82) is 0 Å². The Labute approximate surface area is 159 Å². The van der Waals surface area contributed by atoms with Crippen LogP contribution in [0.2, 0.25) is 0 Å². The average molecular weight is 398 g/mol. The molecule has 0 spiro atoms. The largest absolute Gasteiger partial charge is 0.355 e. The molecule has 1 aliphatic rings. The van der Waals surface area contributed by atoms with E-state index in [1.807, 2.05) is 11.8 Å². The lowest BCUT2D eigenvalue weighted by molar-refractivity contribution is -0.385. The number of nitro benzene ring substituents is 1. The highest BCUT2D eigenvalue weighted by Crippen LogP contribution is 2.25. The van der Waals surface area contributed by atoms with Gasteiger partial charge in [0.2, 0.25) is 15.9 Å². The Hall–Kier alpha value is -2.04. The van der Waals surface area contributed by atoms with E-state index in [0.29, 0.717) is 25.2 Å². The summed E-state index contributed by atoms with van der Waals surface area (Å²) in [6.07, 6.45) is 0.854. The van der Waals surface area contributed by atoms with Crippen molar-refractivity contribution in [2.75, 3.05) is 32.7 Å². The van der Waals surface area contributed by atoms with Gasteiger partial charge in [-0.05, 0) is 25.8 Å². The quantitative estimate of drug-likeness (QED) is 0.544. The normalized spacial score (nSPS) is 17.4. The highest BCUT2D eigenvalue weighted by atomic mass is 32.2. The van der Waals surface area contributed by atoms with Gasteiger partial charge in [-0.25, -0.2) is 8.42 Å². The maximum absolute atomic E-state index is 12.9. The lowest BCUT2D eigenvalue weighted by Crippen LogP contribution is -2.55. The molecule has 9 nitrogen and oxygen atoms in total. The molecule has 1 aromatic carbocycles. The van der Waals surface area contributed by atoms with Gasteiger partial charge in [-0.1, -0.05) is 13.0 Å². The lowest BCUT2D eigenvalue weighted by Gasteiger charge is -2.36. The van der Waals surface area contributed by atoms with E-state index in [9.17, 15) is 23.3 Å². The average Bonchev–Trinajstić information content (AvgIpc) is 2.65. The van der Waals surface area contributed by atoms with Crippen LogP contribution in [0.1, 0.15) is 25.8 Å². The minimum atomic E-state index is -3.83. The van der Waals surface area contributed by atoms with E-state index in [1.54, 1.807) is 13.8 Å². The number of sulfonamides is 1. The minimum Gasteiger partial charge on any atom is -0.355 e. The molecule has 0 saturated carbocycles. The Kier molecular flexibility index (Phi) is 6.90. The van der Waals surface area contributed by atoms with Crippen molar-refractivity contribution >= 4 is 21.6 Å². The number of non-ortho nitro benzene ring substituents is 1. The van der Waals surface area contributed by atoms with Crippen molar-refractivity contribution in [2.45, 2.75) is 38.1 Å². The van der Waals surface area contributed by atoms with Crippen LogP contribution < -0.4 is 5.32 Å². The van der Waals surface area contributed by atoms with E-state index in [0.717, 1.165) is 12.5 Å². The molecule has 27 heavy (non-hydrogen) atoms. The summed E-state index contributed by atoms with van der Waals surface area (Å²) < 4.78 is 27.2. The van der Waals surface area contributed by atoms with E-state index in [-0.39, 0.29) is 35.6 Å². The Morgan fingerprint density at radius 1 is 1.30 bits per heavy atom. The van der Waals surface area contributed by atoms with Crippen molar-refractivity contribution in [3.05, 3.63) is 33.9 Å². The van der Waals surface area contributed by atoms with Crippen molar-refractivity contribution in [2.24, 2.45) is 0 Å². The fraction of sp³-hybridized carbons (Fsp3) is 0.588. The van der Waals surface area contributed by atoms with Gasteiger partial charge in [-0.15, -0.1) is 0 Å². The molecule has 1 aromatic rings. The van der Waals surface area contributed by atoms with E-state index in [1.165, 1.54) is 16.4 Å². The number of nitrogens with zero attached hydrogens (tertiary/aromatic N) is 3. The Morgan fingerprint density at radius 3 is 2.48 bits per heavy atom. The fourth-order valence-electron chi connectivity index (χ4n) is 3.01. The molecular weight excluding hydrogens is 372 g/mol. The smallest absolute Gasteiger partial charge is 0.270 e. The first-order valence-electron chi connectivity index (χ1n) is 8.95. The molecule has 150 valence electrons. The van der Waals surface area contributed by atoms with Crippen LogP contribution in [0.25, 0.3) is 0 Å². The van der Waals surface area contributed by atoms with Gasteiger partial charge in [0.05, 0.1) is 15.9 Å². The van der Waals surface area contributed by atoms with Gasteiger partial charge < -0.3 is 5.32 Å². The molecule has 0 radical (unpaired) electrons. The van der Waals surface area contributed by atoms with Crippen LogP contribution in [0.15, 0.2) is 23.1 Å². The van der Waals surface area contributed by atoms with Crippen LogP contribution >= 0.6 is 0 Å². The first-order chi connectivity index (χ1) is 12.7. The summed E-state index contributed by atoms with van der Waals surface area (Å²) in [6.45, 7) is 7.33. The van der Waals surface area contributed by atoms with Gasteiger partial charge in [0.25, 0.3) is 5.69 Å². The number of nitro groups is 1. The summed E-state index contributed by atoms with van der Waals surface area (Å²) in [6, 6.07) is 3.52. The number of piperazine rings is 1. The number of nitrogens with one attached hydrogen (secondary N) is 1. The third-order valence-electron chi connectivity index (χ3n) is 4.75. The van der Waals surface area contributed by atoms with Gasteiger partial charge in [0.1, 0.15) is 0 Å². The molecule has 1 atom stereocenters. The number of carbonyl (C=O) groups is 1. The predicted octanol–water partition coefficient (Wildman–Crippen LogP) is 1.12. The third-order valence-corrected chi connectivity index (χ3v) is 6.79. The fourth-order valence-corrected chi connectivity index (χ4v) is 4.68. The van der Waals surface area contributed by atoms with Crippen LogP contribution in [0, 0.1) is 17.0 Å². The number of carbonyl (C=O) groups excluding carboxylic acids is 1. The standard InChI is InChI=1S/C17H26N4O5S/c1-4-7-18-17(22)14(3)19-8-10-20(11-9-19)27(25,26)16-12-15(21(23)24)6-5-13(16)2/h5-6,12,14H,4,7-11H2,1-3H3,(H,18,22). The molecular formula is C17H26N4O5S. The highest BCUT2D eigenvalue weighted by Gasteiger charge is 2.33. The number of hydrogen-bond acceptors (Lipinski definition) is 6. The zero-order valence-electron chi connectivity index (χ0n) is 15.8. The molecule has 1 amide bonds. The molecule has 0 aromatic heterocycles. The number of amides is 1. The van der Waals surface area contributed by atoms with Gasteiger partial charge in [0, 0.05) is 44.9 Å². The van der Waals surface area contributed by atoms with Crippen LogP contribution in [0.5, 0.6) is 0 Å². The third kappa shape index (κ3) is 4.82. The maximum atomic E-state index is 12.9. The summed E-state index contributed by atoms with van der Waals surface area (Å²) in [5.74, 6) is -0.0670. The van der Waals surface area contributed by atoms with E-state index >= 15 is 0 Å². The second-order valence-corrected chi connectivity index (χ2v) is 8.52. The number of aryl methyl sites for hydroxylation is 1. The molecule has 1 aliphatic heterocycles. The maximum Gasteiger partial charge on any atom is 0.270 e. The van der Waals surface area contributed by atoms with Crippen LogP contribution in [0.4, 0.5) is 5.69 Å². The SMILES string of the molecule is CCCNC(=O)C(C)N1CCN(S(=O)(=O)c2cc([N+](=O)[O-])ccc2C)CC1. The molecule has 1 saturated heterocycles. The molecule has 0 bridgehead atoms. The van der Waals surface area contributed by atoms with Crippen molar-refractivity contribution in [3.63, 3.8) is 0 Å². The Morgan fingerprint density at radius 2 is 1.93 bits per heavy atom. The van der Waals surface area contributed by atoms with Gasteiger partial charge in [-0.2, -0.15) is 4.31 Å². The topological polar surface area (TPSA) is 113 Å². The molecule has 1 unspecified atom stereocenters. The summed E-state index contributed by atoms with van der Waals surface area (Å²) >= 11 is 0. The first-order valence-corrected chi connectivity index (χ1v) is 10.4. The van der Waals surface area contributed by atoms with Crippen LogP contribution in [-0.4, -0.2) is 67.2 Å². The number of hydrogen-bond donors (Lipinski definition) is 1. The lowest BCUT2D eigenvalue weighted by atomic mass is 10.2. The molecule has 10 heteroatoms. The zero-order valence-corrected chi connectivity index (χ0v) is 16.7. The van der Waals surface area contributed by atoms with Crippen LogP contribution in [0.3, 0.4) is 0 Å². The molecule has 2 rings (SSSR count). The van der Waals surface area contributed by atoms with E-state index < -0.39 is 14.9 Å². The van der Waals surface area contributed by atoms with Crippen molar-refractivity contribution in [1.82, 2.24) is 14.5 Å². The molecule has 1 heterocycles. The minimum absolute atomic E-state index is 0.0427. The number of rotatable bonds is 7. The van der Waals surface area contributed by atoms with Gasteiger partial charge in [0.15, 0.2) is 0 Å². The second kappa shape index (κ2) is 8.77. The molecule has 1 N–H and O–H groups in total. The van der Waals surface area contributed by atoms with Crippen molar-refractivity contribution < 1.29 is 18.1 Å². The Balaban J connectivity index is 2.10. The summed E-state index contributed by atoms with van der Waals surface area (Å²) in [5.41, 5.74) is 0.217. The van der Waals surface area contributed by atoms with Gasteiger partial charge in [-0.3, -0.25) is 19.8 Å². The monoisotopic (exact) mass is 398 g/mol. The van der Waals surface area contributed by atoms with Crippen molar-refractivity contribution in [3.8, 4) is 0 Å². The molecule has 0 aliphatic carbocycles.